The van der Waals surface area contributed by atoms with E-state index in [0.717, 1.165) is 38.3 Å². The lowest BCUT2D eigenvalue weighted by Crippen LogP contribution is -2.51. The van der Waals surface area contributed by atoms with Gasteiger partial charge in [0.05, 0.1) is 13.2 Å². The van der Waals surface area contributed by atoms with E-state index in [1.807, 2.05) is 13.0 Å². The summed E-state index contributed by atoms with van der Waals surface area (Å²) in [6.07, 6.45) is 1.04. The second-order valence-corrected chi connectivity index (χ2v) is 7.26. The standard InChI is InChI=1S/C20H32FN3O2/c1-4-23(15-17-6-5-7-18(21)13-17)20(25)22-14-19(12-16(2)3)24-8-10-26-11-9-24/h5-7,13,16,19H,4,8-12,14-15H2,1-3H3,(H,22,25). The van der Waals surface area contributed by atoms with Crippen molar-refractivity contribution in [2.75, 3.05) is 39.4 Å². The van der Waals surface area contributed by atoms with E-state index >= 15 is 0 Å². The Labute approximate surface area is 156 Å². The summed E-state index contributed by atoms with van der Waals surface area (Å²) >= 11 is 0. The molecule has 0 bridgehead atoms. The molecule has 2 rings (SSSR count). The highest BCUT2D eigenvalue weighted by molar-refractivity contribution is 5.74. The minimum atomic E-state index is -0.275. The van der Waals surface area contributed by atoms with E-state index in [9.17, 15) is 9.18 Å². The monoisotopic (exact) mass is 365 g/mol. The first-order valence-electron chi connectivity index (χ1n) is 9.58. The smallest absolute Gasteiger partial charge is 0.317 e. The molecule has 1 aromatic carbocycles. The average molecular weight is 365 g/mol. The van der Waals surface area contributed by atoms with Crippen LogP contribution in [-0.4, -0.2) is 61.3 Å². The second kappa shape index (κ2) is 10.5. The summed E-state index contributed by atoms with van der Waals surface area (Å²) in [4.78, 5) is 16.7. The number of ether oxygens (including phenoxy) is 1. The largest absolute Gasteiger partial charge is 0.379 e. The molecule has 1 aromatic rings. The van der Waals surface area contributed by atoms with Crippen molar-refractivity contribution in [3.05, 3.63) is 35.6 Å². The molecule has 1 N–H and O–H groups in total. The van der Waals surface area contributed by atoms with Gasteiger partial charge in [-0.3, -0.25) is 4.90 Å². The number of rotatable bonds is 8. The molecule has 5 nitrogen and oxygen atoms in total. The molecule has 6 heteroatoms. The molecule has 1 saturated heterocycles. The molecule has 0 aromatic heterocycles. The minimum absolute atomic E-state index is 0.0984. The predicted octanol–water partition coefficient (Wildman–Crippen LogP) is 3.10. The molecule has 1 heterocycles. The van der Waals surface area contributed by atoms with Gasteiger partial charge in [-0.25, -0.2) is 9.18 Å². The summed E-state index contributed by atoms with van der Waals surface area (Å²) < 4.78 is 18.8. The van der Waals surface area contributed by atoms with Gasteiger partial charge in [-0.05, 0) is 37.0 Å². The van der Waals surface area contributed by atoms with Crippen LogP contribution >= 0.6 is 0 Å². The van der Waals surface area contributed by atoms with E-state index in [-0.39, 0.29) is 11.8 Å². The van der Waals surface area contributed by atoms with Crippen LogP contribution < -0.4 is 5.32 Å². The number of carbonyl (C=O) groups excluding carboxylic acids is 1. The number of nitrogens with zero attached hydrogens (tertiary/aromatic N) is 2. The summed E-state index contributed by atoms with van der Waals surface area (Å²) in [6, 6.07) is 6.63. The van der Waals surface area contributed by atoms with Crippen LogP contribution in [0.5, 0.6) is 0 Å². The Morgan fingerprint density at radius 2 is 2.08 bits per heavy atom. The Hall–Kier alpha value is -1.66. The van der Waals surface area contributed by atoms with E-state index in [2.05, 4.69) is 24.1 Å². The van der Waals surface area contributed by atoms with Gasteiger partial charge in [-0.2, -0.15) is 0 Å². The van der Waals surface area contributed by atoms with Crippen molar-refractivity contribution in [3.8, 4) is 0 Å². The fraction of sp³-hybridized carbons (Fsp3) is 0.650. The van der Waals surface area contributed by atoms with E-state index in [4.69, 9.17) is 4.74 Å². The highest BCUT2D eigenvalue weighted by atomic mass is 19.1. The number of hydrogen-bond acceptors (Lipinski definition) is 3. The van der Waals surface area contributed by atoms with Gasteiger partial charge in [0.2, 0.25) is 0 Å². The van der Waals surface area contributed by atoms with Gasteiger partial charge in [0.15, 0.2) is 0 Å². The quantitative estimate of drug-likeness (QED) is 0.770. The molecular formula is C20H32FN3O2. The number of urea groups is 1. The molecule has 0 aliphatic carbocycles. The normalized spacial score (nSPS) is 16.5. The van der Waals surface area contributed by atoms with Crippen LogP contribution in [0.3, 0.4) is 0 Å². The van der Waals surface area contributed by atoms with Crippen molar-refractivity contribution in [2.24, 2.45) is 5.92 Å². The number of morpholine rings is 1. The number of hydrogen-bond donors (Lipinski definition) is 1. The van der Waals surface area contributed by atoms with Gasteiger partial charge in [-0.1, -0.05) is 26.0 Å². The molecule has 0 saturated carbocycles. The van der Waals surface area contributed by atoms with Gasteiger partial charge in [0.1, 0.15) is 5.82 Å². The third-order valence-corrected chi connectivity index (χ3v) is 4.73. The van der Waals surface area contributed by atoms with Crippen molar-refractivity contribution >= 4 is 6.03 Å². The lowest BCUT2D eigenvalue weighted by atomic mass is 10.0. The zero-order valence-corrected chi connectivity index (χ0v) is 16.2. The van der Waals surface area contributed by atoms with E-state index < -0.39 is 0 Å². The molecule has 2 amide bonds. The minimum Gasteiger partial charge on any atom is -0.379 e. The third kappa shape index (κ3) is 6.57. The van der Waals surface area contributed by atoms with Gasteiger partial charge >= 0.3 is 6.03 Å². The zero-order chi connectivity index (χ0) is 18.9. The highest BCUT2D eigenvalue weighted by Gasteiger charge is 2.23. The Bertz CT molecular complexity index is 562. The van der Waals surface area contributed by atoms with E-state index in [1.54, 1.807) is 11.0 Å². The molecule has 1 unspecified atom stereocenters. The molecule has 146 valence electrons. The topological polar surface area (TPSA) is 44.8 Å². The van der Waals surface area contributed by atoms with Crippen LogP contribution in [0.25, 0.3) is 0 Å². The van der Waals surface area contributed by atoms with Crippen molar-refractivity contribution in [1.82, 2.24) is 15.1 Å². The summed E-state index contributed by atoms with van der Waals surface area (Å²) in [7, 11) is 0. The summed E-state index contributed by atoms with van der Waals surface area (Å²) in [5.41, 5.74) is 0.800. The molecule has 1 aliphatic heterocycles. The molecular weight excluding hydrogens is 333 g/mol. The van der Waals surface area contributed by atoms with Crippen LogP contribution in [0.2, 0.25) is 0 Å². The van der Waals surface area contributed by atoms with Crippen LogP contribution in [0.4, 0.5) is 9.18 Å². The lowest BCUT2D eigenvalue weighted by molar-refractivity contribution is 0.0127. The van der Waals surface area contributed by atoms with E-state index in [0.29, 0.717) is 31.6 Å². The van der Waals surface area contributed by atoms with Crippen LogP contribution in [0, 0.1) is 11.7 Å². The van der Waals surface area contributed by atoms with Crippen molar-refractivity contribution in [2.45, 2.75) is 39.8 Å². The molecule has 26 heavy (non-hydrogen) atoms. The molecule has 1 fully saturated rings. The number of benzene rings is 1. The van der Waals surface area contributed by atoms with Crippen LogP contribution in [-0.2, 0) is 11.3 Å². The summed E-state index contributed by atoms with van der Waals surface area (Å²) in [5, 5.41) is 3.08. The Balaban J connectivity index is 1.91. The number of carbonyl (C=O) groups is 1. The van der Waals surface area contributed by atoms with Crippen molar-refractivity contribution in [3.63, 3.8) is 0 Å². The van der Waals surface area contributed by atoms with Crippen LogP contribution in [0.1, 0.15) is 32.8 Å². The third-order valence-electron chi connectivity index (χ3n) is 4.73. The molecule has 0 radical (unpaired) electrons. The van der Waals surface area contributed by atoms with E-state index in [1.165, 1.54) is 12.1 Å². The second-order valence-electron chi connectivity index (χ2n) is 7.26. The fourth-order valence-electron chi connectivity index (χ4n) is 3.35. The zero-order valence-electron chi connectivity index (χ0n) is 16.2. The van der Waals surface area contributed by atoms with Gasteiger partial charge in [0.25, 0.3) is 0 Å². The predicted molar refractivity (Wildman–Crippen MR) is 102 cm³/mol. The number of amides is 2. The average Bonchev–Trinajstić information content (AvgIpc) is 2.63. The maximum atomic E-state index is 13.4. The number of nitrogens with one attached hydrogen (secondary N) is 1. The van der Waals surface area contributed by atoms with Crippen molar-refractivity contribution in [1.29, 1.82) is 0 Å². The highest BCUT2D eigenvalue weighted by Crippen LogP contribution is 2.13. The summed E-state index contributed by atoms with van der Waals surface area (Å²) in [6.45, 7) is 11.3. The fourth-order valence-corrected chi connectivity index (χ4v) is 3.35. The Kier molecular flexibility index (Phi) is 8.32. The maximum absolute atomic E-state index is 13.4. The maximum Gasteiger partial charge on any atom is 0.317 e. The summed E-state index contributed by atoms with van der Waals surface area (Å²) in [5.74, 6) is 0.289. The Morgan fingerprint density at radius 1 is 1.35 bits per heavy atom. The van der Waals surface area contributed by atoms with Crippen molar-refractivity contribution < 1.29 is 13.9 Å². The molecule has 0 spiro atoms. The first-order chi connectivity index (χ1) is 12.5. The number of halogens is 1. The van der Waals surface area contributed by atoms with Gasteiger partial charge in [-0.15, -0.1) is 0 Å². The lowest BCUT2D eigenvalue weighted by Gasteiger charge is -2.36. The first-order valence-corrected chi connectivity index (χ1v) is 9.58. The molecule has 1 atom stereocenters. The van der Waals surface area contributed by atoms with Gasteiger partial charge in [0, 0.05) is 38.8 Å². The van der Waals surface area contributed by atoms with Crippen LogP contribution in [0.15, 0.2) is 24.3 Å². The van der Waals surface area contributed by atoms with Gasteiger partial charge < -0.3 is 15.0 Å². The molecule has 1 aliphatic rings. The SMILES string of the molecule is CCN(Cc1cccc(F)c1)C(=O)NCC(CC(C)C)N1CCOCC1. The first kappa shape index (κ1) is 20.6. The Morgan fingerprint density at radius 3 is 2.69 bits per heavy atom.